The molecule has 0 saturated carbocycles. The van der Waals surface area contributed by atoms with Crippen LogP contribution in [-0.4, -0.2) is 30.0 Å². The van der Waals surface area contributed by atoms with Crippen LogP contribution in [0, 0.1) is 5.92 Å². The van der Waals surface area contributed by atoms with E-state index in [4.69, 9.17) is 16.6 Å². The van der Waals surface area contributed by atoms with E-state index < -0.39 is 6.04 Å². The van der Waals surface area contributed by atoms with E-state index in [2.05, 4.69) is 6.92 Å². The molecule has 0 spiro atoms. The fraction of sp³-hybridized carbons (Fsp3) is 0.348. The summed E-state index contributed by atoms with van der Waals surface area (Å²) in [7, 11) is 0. The third kappa shape index (κ3) is 4.17. The molecule has 0 saturated heterocycles. The molecule has 0 bridgehead atoms. The van der Waals surface area contributed by atoms with Gasteiger partial charge in [0.05, 0.1) is 11.4 Å². The number of aliphatic imine (C=N–C) groups is 1. The molecule has 3 rings (SSSR count). The molecule has 4 nitrogen and oxygen atoms in total. The van der Waals surface area contributed by atoms with Gasteiger partial charge in [0.25, 0.3) is 5.91 Å². The number of hydrogen-bond acceptors (Lipinski definition) is 3. The zero-order chi connectivity index (χ0) is 20.3. The van der Waals surface area contributed by atoms with Gasteiger partial charge in [0.1, 0.15) is 11.8 Å². The third-order valence-corrected chi connectivity index (χ3v) is 5.44. The van der Waals surface area contributed by atoms with Crippen LogP contribution < -0.4 is 4.90 Å². The van der Waals surface area contributed by atoms with E-state index in [9.17, 15) is 9.59 Å². The maximum Gasteiger partial charge on any atom is 0.252 e. The van der Waals surface area contributed by atoms with Crippen molar-refractivity contribution in [1.29, 1.82) is 0 Å². The zero-order valence-electron chi connectivity index (χ0n) is 16.5. The number of benzodiazepines with no additional fused rings is 1. The molecule has 2 aromatic carbocycles. The lowest BCUT2D eigenvalue weighted by atomic mass is 9.98. The molecule has 0 fully saturated rings. The van der Waals surface area contributed by atoms with Gasteiger partial charge in [0, 0.05) is 29.1 Å². The average Bonchev–Trinajstić information content (AvgIpc) is 2.80. The largest absolute Gasteiger partial charge is 0.309 e. The van der Waals surface area contributed by atoms with Gasteiger partial charge in [0.2, 0.25) is 0 Å². The number of nitrogens with zero attached hydrogens (tertiary/aromatic N) is 2. The van der Waals surface area contributed by atoms with Gasteiger partial charge in [-0.1, -0.05) is 62.2 Å². The monoisotopic (exact) mass is 396 g/mol. The van der Waals surface area contributed by atoms with Gasteiger partial charge >= 0.3 is 0 Å². The van der Waals surface area contributed by atoms with E-state index in [0.29, 0.717) is 18.0 Å². The van der Waals surface area contributed by atoms with Crippen LogP contribution in [0.1, 0.15) is 44.7 Å². The number of halogens is 1. The van der Waals surface area contributed by atoms with Crippen LogP contribution in [0.3, 0.4) is 0 Å². The summed E-state index contributed by atoms with van der Waals surface area (Å²) in [5, 5.41) is 0.586. The number of benzene rings is 2. The number of carbonyl (C=O) groups is 2. The summed E-state index contributed by atoms with van der Waals surface area (Å²) in [6, 6.07) is 14.8. The molecule has 1 amide bonds. The van der Waals surface area contributed by atoms with Crippen LogP contribution in [0.5, 0.6) is 0 Å². The molecule has 1 heterocycles. The maximum atomic E-state index is 13.5. The SMILES string of the molecule is CC[C@H](C)[C@@H]1N=C(c2ccccc2)c2cc(Cl)ccc2N(CCC(C)=O)C1=O. The normalized spacial score (nSPS) is 17.6. The summed E-state index contributed by atoms with van der Waals surface area (Å²) in [6.45, 7) is 5.99. The Hall–Kier alpha value is -2.46. The lowest BCUT2D eigenvalue weighted by molar-refractivity contribution is -0.120. The van der Waals surface area contributed by atoms with Crippen molar-refractivity contribution in [3.63, 3.8) is 0 Å². The second-order valence-corrected chi connectivity index (χ2v) is 7.71. The van der Waals surface area contributed by atoms with Crippen LogP contribution in [0.2, 0.25) is 5.02 Å². The van der Waals surface area contributed by atoms with Crippen LogP contribution >= 0.6 is 11.6 Å². The van der Waals surface area contributed by atoms with Crippen molar-refractivity contribution in [2.75, 3.05) is 11.4 Å². The average molecular weight is 397 g/mol. The van der Waals surface area contributed by atoms with Crippen molar-refractivity contribution in [2.45, 2.75) is 39.7 Å². The van der Waals surface area contributed by atoms with Crippen LogP contribution in [0.4, 0.5) is 5.69 Å². The van der Waals surface area contributed by atoms with Crippen molar-refractivity contribution >= 4 is 34.7 Å². The third-order valence-electron chi connectivity index (χ3n) is 5.21. The number of carbonyl (C=O) groups excluding carboxylic acids is 2. The molecule has 5 heteroatoms. The van der Waals surface area contributed by atoms with Gasteiger partial charge in [-0.15, -0.1) is 0 Å². The first-order valence-electron chi connectivity index (χ1n) is 9.66. The number of anilines is 1. The Morgan fingerprint density at radius 3 is 2.57 bits per heavy atom. The fourth-order valence-electron chi connectivity index (χ4n) is 3.40. The van der Waals surface area contributed by atoms with Crippen LogP contribution in [-0.2, 0) is 9.59 Å². The van der Waals surface area contributed by atoms with E-state index in [1.165, 1.54) is 0 Å². The van der Waals surface area contributed by atoms with E-state index in [-0.39, 0.29) is 17.6 Å². The molecule has 0 aliphatic carbocycles. The van der Waals surface area contributed by atoms with Crippen LogP contribution in [0.25, 0.3) is 0 Å². The summed E-state index contributed by atoms with van der Waals surface area (Å²) in [6.07, 6.45) is 1.14. The quantitative estimate of drug-likeness (QED) is 0.695. The first-order chi connectivity index (χ1) is 13.4. The second kappa shape index (κ2) is 8.70. The van der Waals surface area contributed by atoms with E-state index >= 15 is 0 Å². The zero-order valence-corrected chi connectivity index (χ0v) is 17.2. The van der Waals surface area contributed by atoms with Gasteiger partial charge in [-0.3, -0.25) is 14.6 Å². The summed E-state index contributed by atoms with van der Waals surface area (Å²) >= 11 is 6.31. The van der Waals surface area contributed by atoms with Gasteiger partial charge in [-0.2, -0.15) is 0 Å². The highest BCUT2D eigenvalue weighted by atomic mass is 35.5. The smallest absolute Gasteiger partial charge is 0.252 e. The predicted octanol–water partition coefficient (Wildman–Crippen LogP) is 4.92. The van der Waals surface area contributed by atoms with Gasteiger partial charge in [-0.05, 0) is 31.0 Å². The fourth-order valence-corrected chi connectivity index (χ4v) is 3.57. The number of amides is 1. The minimum Gasteiger partial charge on any atom is -0.309 e. The highest BCUT2D eigenvalue weighted by molar-refractivity contribution is 6.32. The predicted molar refractivity (Wildman–Crippen MR) is 114 cm³/mol. The van der Waals surface area contributed by atoms with Crippen molar-refractivity contribution in [1.82, 2.24) is 0 Å². The first-order valence-corrected chi connectivity index (χ1v) is 10.0. The Kier molecular flexibility index (Phi) is 6.30. The minimum atomic E-state index is -0.502. The van der Waals surface area contributed by atoms with Crippen LogP contribution in [0.15, 0.2) is 53.5 Å². The first kappa shape index (κ1) is 20.3. The summed E-state index contributed by atoms with van der Waals surface area (Å²) in [5.74, 6) is 0.0674. The van der Waals surface area contributed by atoms with Crippen molar-refractivity contribution in [3.8, 4) is 0 Å². The second-order valence-electron chi connectivity index (χ2n) is 7.28. The number of Topliss-reactive ketones (excluding diaryl/α,β-unsaturated/α-hetero) is 1. The molecule has 1 aliphatic rings. The van der Waals surface area contributed by atoms with E-state index in [1.807, 2.05) is 49.4 Å². The van der Waals surface area contributed by atoms with Crippen molar-refractivity contribution in [3.05, 3.63) is 64.7 Å². The molecular formula is C23H25ClN2O2. The van der Waals surface area contributed by atoms with Crippen molar-refractivity contribution < 1.29 is 9.59 Å². The molecule has 2 aromatic rings. The number of fused-ring (bicyclic) bond motifs is 1. The van der Waals surface area contributed by atoms with E-state index in [1.54, 1.807) is 17.9 Å². The number of hydrogen-bond donors (Lipinski definition) is 0. The molecule has 0 radical (unpaired) electrons. The number of rotatable bonds is 6. The Bertz CT molecular complexity index is 908. The standard InChI is InChI=1S/C23H25ClN2O2/c1-4-15(2)21-23(28)26(13-12-16(3)27)20-11-10-18(24)14-19(20)22(25-21)17-8-6-5-7-9-17/h5-11,14-15,21H,4,12-13H2,1-3H3/t15-,21-/m0/s1. The van der Waals surface area contributed by atoms with Gasteiger partial charge in [0.15, 0.2) is 0 Å². The minimum absolute atomic E-state index is 0.0526. The van der Waals surface area contributed by atoms with E-state index in [0.717, 1.165) is 28.9 Å². The topological polar surface area (TPSA) is 49.7 Å². The maximum absolute atomic E-state index is 13.5. The molecule has 28 heavy (non-hydrogen) atoms. The molecular weight excluding hydrogens is 372 g/mol. The van der Waals surface area contributed by atoms with Crippen molar-refractivity contribution in [2.24, 2.45) is 10.9 Å². The number of ketones is 1. The Labute approximate surface area is 171 Å². The Morgan fingerprint density at radius 1 is 1.21 bits per heavy atom. The molecule has 0 unspecified atom stereocenters. The highest BCUT2D eigenvalue weighted by Gasteiger charge is 2.34. The highest BCUT2D eigenvalue weighted by Crippen LogP contribution is 2.33. The molecule has 2 atom stereocenters. The lowest BCUT2D eigenvalue weighted by Crippen LogP contribution is -2.41. The summed E-state index contributed by atoms with van der Waals surface area (Å²) in [5.41, 5.74) is 3.29. The summed E-state index contributed by atoms with van der Waals surface area (Å²) in [4.78, 5) is 31.7. The molecule has 146 valence electrons. The Morgan fingerprint density at radius 2 is 1.93 bits per heavy atom. The molecule has 0 aromatic heterocycles. The molecule has 1 aliphatic heterocycles. The van der Waals surface area contributed by atoms with Gasteiger partial charge < -0.3 is 4.90 Å². The van der Waals surface area contributed by atoms with Gasteiger partial charge in [-0.25, -0.2) is 0 Å². The summed E-state index contributed by atoms with van der Waals surface area (Å²) < 4.78 is 0. The lowest BCUT2D eigenvalue weighted by Gasteiger charge is -2.27. The Balaban J connectivity index is 2.22. The molecule has 0 N–H and O–H groups in total.